The van der Waals surface area contributed by atoms with Crippen molar-refractivity contribution in [2.45, 2.75) is 276 Å². The van der Waals surface area contributed by atoms with Crippen molar-refractivity contribution in [1.29, 1.82) is 0 Å². The lowest BCUT2D eigenvalue weighted by Gasteiger charge is -2.25. The van der Waals surface area contributed by atoms with Crippen LogP contribution in [0.15, 0.2) is 30.5 Å². The largest absolute Gasteiger partial charge is 0.368 e. The number of aromatic nitrogens is 1. The zero-order chi connectivity index (χ0) is 86.2. The molecule has 1 heterocycles. The Morgan fingerprint density at radius 1 is 0.281 bits per heavy atom. The standard InChI is InChI=1S/C73H123N23O18/c1-36(58(99)80-39(4)61(102)86-45(10)67(108)93-52(57(78)98)26-16-20-30-74)83-64(105)42(7)89-70(111)53(27-17-21-31-75)94-68(109)46(11)87-62(103)40(5)81-59(100)37(2)84-65(106)43(8)90-71(112)54(28-18-22-32-76)95-69(110)47(12)88-63(104)41(6)82-60(101)38(3)85-66(107)44(9)91-72(113)55(29-19-23-33-77)96-73(114)56(92-48(13)97)34-49-35-79-51-25-15-14-24-50(49)51/h14-15,24-25,35-47,52-56,79H,16-23,26-34,74-77H2,1-13H3,(H2,78,98)(H,80,99)(H,81,100)(H,82,101)(H,83,105)(H,84,106)(H,85,107)(H,86,102)(H,87,103)(H,88,104)(H,89,111)(H,90,112)(H,91,113)(H,92,97)(H,93,108)(H,94,109)(H,95,110)(H,96,114)/t36-,37-,38-,39-,40-,41-,42-,43-,44-,45-,46-,47-,52-,53-,54-,55-,56-/m0/s1. The van der Waals surface area contributed by atoms with Crippen LogP contribution in [-0.4, -0.2) is 240 Å². The number of primary amides is 1. The maximum absolute atomic E-state index is 13.7. The van der Waals surface area contributed by atoms with E-state index in [0.29, 0.717) is 64.5 Å². The van der Waals surface area contributed by atoms with Gasteiger partial charge in [-0.1, -0.05) is 18.2 Å². The lowest BCUT2D eigenvalue weighted by atomic mass is 10.0. The maximum Gasteiger partial charge on any atom is 0.243 e. The Hall–Kier alpha value is -10.9. The molecular formula is C73H123N23O18. The van der Waals surface area contributed by atoms with Crippen molar-refractivity contribution < 1.29 is 86.3 Å². The molecule has 0 saturated carbocycles. The second-order valence-electron chi connectivity index (χ2n) is 28.4. The molecule has 114 heavy (non-hydrogen) atoms. The third-order valence-electron chi connectivity index (χ3n) is 18.2. The number of fused-ring (bicyclic) bond motifs is 1. The molecule has 0 fully saturated rings. The number of rotatable bonds is 52. The Bertz CT molecular complexity index is 3640. The van der Waals surface area contributed by atoms with Crippen LogP contribution in [0.25, 0.3) is 10.9 Å². The maximum atomic E-state index is 13.7. The molecule has 0 bridgehead atoms. The van der Waals surface area contributed by atoms with Gasteiger partial charge in [0, 0.05) is 30.4 Å². The van der Waals surface area contributed by atoms with Crippen molar-refractivity contribution in [3.63, 3.8) is 0 Å². The van der Waals surface area contributed by atoms with Crippen LogP contribution in [0.1, 0.15) is 173 Å². The number of unbranched alkanes of at least 4 members (excludes halogenated alkanes) is 4. The summed E-state index contributed by atoms with van der Waals surface area (Å²) < 4.78 is 0. The van der Waals surface area contributed by atoms with Gasteiger partial charge in [0.1, 0.15) is 103 Å². The number of hydrogen-bond acceptors (Lipinski definition) is 22. The number of para-hydroxylation sites is 1. The third-order valence-corrected chi connectivity index (χ3v) is 18.2. The number of aromatic amines is 1. The molecule has 18 amide bonds. The fraction of sp³-hybridized carbons (Fsp3) is 0.644. The van der Waals surface area contributed by atoms with Crippen LogP contribution in [0.3, 0.4) is 0 Å². The highest BCUT2D eigenvalue weighted by molar-refractivity contribution is 6.01. The van der Waals surface area contributed by atoms with Gasteiger partial charge in [0.2, 0.25) is 106 Å². The van der Waals surface area contributed by atoms with Crippen molar-refractivity contribution in [1.82, 2.24) is 95.4 Å². The first kappa shape index (κ1) is 99.1. The lowest BCUT2D eigenvalue weighted by molar-refractivity contribution is -0.135. The minimum Gasteiger partial charge on any atom is -0.368 e. The Morgan fingerprint density at radius 2 is 0.491 bits per heavy atom. The molecule has 1 aromatic carbocycles. The fourth-order valence-electron chi connectivity index (χ4n) is 11.0. The normalized spacial score (nSPS) is 15.6. The predicted octanol–water partition coefficient (Wildman–Crippen LogP) is -6.79. The highest BCUT2D eigenvalue weighted by atomic mass is 16.2. The first-order valence-corrected chi connectivity index (χ1v) is 38.4. The molecule has 0 aliphatic heterocycles. The van der Waals surface area contributed by atoms with E-state index in [9.17, 15) is 86.3 Å². The summed E-state index contributed by atoms with van der Waals surface area (Å²) in [5, 5.41) is 43.3. The molecular weight excluding hydrogens is 1490 g/mol. The number of nitrogens with two attached hydrogens (primary N) is 5. The Morgan fingerprint density at radius 3 is 0.737 bits per heavy atom. The summed E-state index contributed by atoms with van der Waals surface area (Å²) >= 11 is 0. The molecule has 0 aliphatic rings. The average Bonchev–Trinajstić information content (AvgIpc) is 1.66. The van der Waals surface area contributed by atoms with Crippen LogP contribution in [-0.2, 0) is 92.7 Å². The van der Waals surface area contributed by atoms with Crippen molar-refractivity contribution in [3.8, 4) is 0 Å². The number of H-pyrrole nitrogens is 1. The molecule has 2 rings (SSSR count). The molecule has 0 unspecified atom stereocenters. The summed E-state index contributed by atoms with van der Waals surface area (Å²) in [4.78, 5) is 241. The van der Waals surface area contributed by atoms with Crippen LogP contribution in [0.5, 0.6) is 0 Å². The van der Waals surface area contributed by atoms with Gasteiger partial charge in [-0.25, -0.2) is 0 Å². The van der Waals surface area contributed by atoms with E-state index in [2.05, 4.69) is 95.4 Å². The minimum atomic E-state index is -1.33. The van der Waals surface area contributed by atoms with Crippen molar-refractivity contribution in [2.75, 3.05) is 26.2 Å². The summed E-state index contributed by atoms with van der Waals surface area (Å²) in [6.07, 6.45) is 5.84. The molecule has 1 aromatic heterocycles. The average molecular weight is 1610 g/mol. The summed E-state index contributed by atoms with van der Waals surface area (Å²) in [5.41, 5.74) is 29.6. The van der Waals surface area contributed by atoms with E-state index in [0.717, 1.165) is 16.5 Å². The van der Waals surface area contributed by atoms with Gasteiger partial charge >= 0.3 is 0 Å². The lowest BCUT2D eigenvalue weighted by Crippen LogP contribution is -2.59. The Kier molecular flexibility index (Phi) is 44.3. The Labute approximate surface area is 663 Å². The van der Waals surface area contributed by atoms with E-state index in [4.69, 9.17) is 28.7 Å². The molecule has 41 heteroatoms. The molecule has 2 aromatic rings. The number of carbonyl (C=O) groups is 18. The van der Waals surface area contributed by atoms with Gasteiger partial charge in [-0.2, -0.15) is 0 Å². The zero-order valence-corrected chi connectivity index (χ0v) is 67.5. The molecule has 638 valence electrons. The third kappa shape index (κ3) is 35.4. The zero-order valence-electron chi connectivity index (χ0n) is 67.5. The minimum absolute atomic E-state index is 0.0239. The van der Waals surface area contributed by atoms with Gasteiger partial charge < -0.3 is 124 Å². The fourth-order valence-corrected chi connectivity index (χ4v) is 11.0. The van der Waals surface area contributed by atoms with Gasteiger partial charge in [-0.3, -0.25) is 86.3 Å². The van der Waals surface area contributed by atoms with E-state index in [1.54, 1.807) is 6.20 Å². The Balaban J connectivity index is 1.96. The number of amides is 18. The second-order valence-corrected chi connectivity index (χ2v) is 28.4. The van der Waals surface area contributed by atoms with Crippen molar-refractivity contribution >= 4 is 117 Å². The molecule has 41 nitrogen and oxygen atoms in total. The predicted molar refractivity (Wildman–Crippen MR) is 419 cm³/mol. The highest BCUT2D eigenvalue weighted by Gasteiger charge is 2.35. The molecule has 17 atom stereocenters. The second kappa shape index (κ2) is 50.9. The summed E-state index contributed by atoms with van der Waals surface area (Å²) in [6, 6.07) is -13.7. The molecule has 0 spiro atoms. The van der Waals surface area contributed by atoms with Crippen LogP contribution in [0, 0.1) is 0 Å². The molecule has 0 saturated heterocycles. The van der Waals surface area contributed by atoms with Gasteiger partial charge in [0.15, 0.2) is 0 Å². The number of benzene rings is 1. The van der Waals surface area contributed by atoms with Crippen LogP contribution in [0.4, 0.5) is 0 Å². The molecule has 0 radical (unpaired) electrons. The SMILES string of the molecule is CC(=O)N[C@@H](Cc1c[nH]c2ccccc12)C(=O)N[C@@H](CCCCN)C(=O)N[C@@H](C)C(=O)N[C@@H](C)C(=O)N[C@@H](C)C(=O)N[C@@H](C)C(=O)N[C@@H](CCCCN)C(=O)N[C@@H](C)C(=O)N[C@@H](C)C(=O)N[C@@H](C)C(=O)N[C@@H](C)C(=O)N[C@@H](CCCCN)C(=O)N[C@@H](C)C(=O)N[C@@H](C)C(=O)N[C@@H](C)C(=O)N[C@@H](C)C(=O)N[C@@H](CCCCN)C(N)=O. The number of nitrogens with one attached hydrogen (secondary N) is 18. The van der Waals surface area contributed by atoms with Crippen LogP contribution < -0.4 is 119 Å². The summed E-state index contributed by atoms with van der Waals surface area (Å²) in [5.74, 6) is -14.1. The molecule has 0 aliphatic carbocycles. The van der Waals surface area contributed by atoms with Crippen molar-refractivity contribution in [3.05, 3.63) is 36.0 Å². The van der Waals surface area contributed by atoms with Crippen LogP contribution >= 0.6 is 0 Å². The van der Waals surface area contributed by atoms with E-state index < -0.39 is 209 Å². The monoisotopic (exact) mass is 1610 g/mol. The van der Waals surface area contributed by atoms with E-state index >= 15 is 0 Å². The first-order chi connectivity index (χ1) is 53.6. The summed E-state index contributed by atoms with van der Waals surface area (Å²) in [7, 11) is 0. The topological polar surface area (TPSA) is 658 Å². The molecule has 28 N–H and O–H groups in total. The van der Waals surface area contributed by atoms with E-state index in [-0.39, 0.29) is 45.2 Å². The number of hydrogen-bond donors (Lipinski definition) is 23. The highest BCUT2D eigenvalue weighted by Crippen LogP contribution is 2.20. The smallest absolute Gasteiger partial charge is 0.243 e. The van der Waals surface area contributed by atoms with Gasteiger partial charge in [-0.15, -0.1) is 0 Å². The quantitative estimate of drug-likeness (QED) is 0.0274. The first-order valence-electron chi connectivity index (χ1n) is 38.4. The van der Waals surface area contributed by atoms with E-state index in [1.165, 1.54) is 90.0 Å². The van der Waals surface area contributed by atoms with Gasteiger partial charge in [-0.05, 0) is 198 Å². The van der Waals surface area contributed by atoms with Crippen LogP contribution in [0.2, 0.25) is 0 Å². The number of carbonyl (C=O) groups excluding carboxylic acids is 18. The van der Waals surface area contributed by atoms with Gasteiger partial charge in [0.25, 0.3) is 0 Å². The summed E-state index contributed by atoms with van der Waals surface area (Å²) in [6.45, 7) is 18.2. The van der Waals surface area contributed by atoms with Crippen molar-refractivity contribution in [2.24, 2.45) is 28.7 Å². The van der Waals surface area contributed by atoms with Gasteiger partial charge in [0.05, 0.1) is 0 Å². The van der Waals surface area contributed by atoms with E-state index in [1.807, 2.05) is 24.3 Å².